The highest BCUT2D eigenvalue weighted by Gasteiger charge is 2.45. The first-order chi connectivity index (χ1) is 32.4. The Kier molecular flexibility index (Phi) is 13.9. The van der Waals surface area contributed by atoms with Gasteiger partial charge in [-0.3, -0.25) is 33.9 Å². The summed E-state index contributed by atoms with van der Waals surface area (Å²) in [5.74, 6) is -1.84. The maximum atomic E-state index is 15.3. The van der Waals surface area contributed by atoms with E-state index < -0.39 is 35.5 Å². The molecule has 1 saturated heterocycles. The van der Waals surface area contributed by atoms with E-state index in [9.17, 15) is 24.0 Å². The predicted molar refractivity (Wildman–Crippen MR) is 248 cm³/mol. The summed E-state index contributed by atoms with van der Waals surface area (Å²) in [6.07, 6.45) is 5.36. The molecule has 1 aromatic heterocycles. The molecule has 4 N–H and O–H groups in total. The maximum Gasteiger partial charge on any atom is 0.266 e. The molecular formula is C49H46ClFN8O8. The van der Waals surface area contributed by atoms with E-state index in [-0.39, 0.29) is 53.9 Å². The number of benzene rings is 4. The first kappa shape index (κ1) is 45.9. The number of nitrogens with one attached hydrogen (secondary N) is 4. The van der Waals surface area contributed by atoms with Gasteiger partial charge >= 0.3 is 0 Å². The number of aliphatic imine (C=N–C) groups is 1. The quantitative estimate of drug-likeness (QED) is 0.0557. The van der Waals surface area contributed by atoms with Crippen LogP contribution < -0.4 is 35.5 Å². The van der Waals surface area contributed by atoms with Crippen molar-refractivity contribution in [2.24, 2.45) is 4.99 Å². The van der Waals surface area contributed by atoms with Crippen LogP contribution >= 0.6 is 11.6 Å². The second-order valence-corrected chi connectivity index (χ2v) is 16.3. The van der Waals surface area contributed by atoms with Crippen LogP contribution in [0.5, 0.6) is 17.2 Å². The first-order valence-corrected chi connectivity index (χ1v) is 22.0. The van der Waals surface area contributed by atoms with Gasteiger partial charge in [-0.1, -0.05) is 49.2 Å². The van der Waals surface area contributed by atoms with Crippen molar-refractivity contribution < 1.29 is 42.6 Å². The Morgan fingerprint density at radius 2 is 1.63 bits per heavy atom. The van der Waals surface area contributed by atoms with Gasteiger partial charge in [-0.25, -0.2) is 14.4 Å². The van der Waals surface area contributed by atoms with Crippen LogP contribution in [0.25, 0.3) is 11.3 Å². The molecule has 3 aliphatic rings. The molecule has 16 nitrogen and oxygen atoms in total. The van der Waals surface area contributed by atoms with Crippen molar-refractivity contribution in [1.29, 1.82) is 0 Å². The number of rotatable bonds is 17. The molecule has 1 fully saturated rings. The second-order valence-electron chi connectivity index (χ2n) is 15.9. The Labute approximate surface area is 390 Å². The predicted octanol–water partition coefficient (Wildman–Crippen LogP) is 6.92. The third-order valence-electron chi connectivity index (χ3n) is 11.5. The minimum Gasteiger partial charge on any atom is -0.496 e. The molecule has 18 heteroatoms. The molecule has 3 aliphatic heterocycles. The van der Waals surface area contributed by atoms with Crippen LogP contribution in [0.1, 0.15) is 86.3 Å². The fourth-order valence-electron chi connectivity index (χ4n) is 8.19. The highest BCUT2D eigenvalue weighted by molar-refractivity contribution is 6.32. The van der Waals surface area contributed by atoms with Crippen molar-refractivity contribution >= 4 is 58.5 Å². The highest BCUT2D eigenvalue weighted by Crippen LogP contribution is 2.37. The summed E-state index contributed by atoms with van der Waals surface area (Å²) in [4.78, 5) is 79.9. The summed E-state index contributed by atoms with van der Waals surface area (Å²) in [5, 5.41) is 12.0. The standard InChI is InChI=1S/C49H46ClFN8O8/c1-27-14-19-36(46(62)56-27)59-47(63)33-10-8-13-38(41(33)48(59)64)67-26-40(60)52-20-6-4-5-7-21-53-45(61)32-18-16-30(23-39(32)66-3)57-49-55-25-28-24-54-44(42-35(51)11-9-12-37(42)65-2)34-22-29(50)15-17-31(34)43(28)58-49/h8-13,15-18,22-23,25,36H,1,4-7,14,19-21,24,26H2,2-3H3,(H,52,60)(H,53,61)(H,56,62)(H,55,57,58). The third-order valence-corrected chi connectivity index (χ3v) is 11.7. The number of nitrogens with zero attached hydrogens (tertiary/aromatic N) is 4. The van der Waals surface area contributed by atoms with Crippen LogP contribution in [0.3, 0.4) is 0 Å². The highest BCUT2D eigenvalue weighted by atomic mass is 35.5. The van der Waals surface area contributed by atoms with Gasteiger partial charge in [0.05, 0.1) is 54.4 Å². The number of halogens is 2. The van der Waals surface area contributed by atoms with E-state index >= 15 is 4.39 Å². The molecule has 0 saturated carbocycles. The van der Waals surface area contributed by atoms with Gasteiger partial charge in [-0.2, -0.15) is 0 Å². The molecule has 5 amide bonds. The van der Waals surface area contributed by atoms with Gasteiger partial charge in [0.25, 0.3) is 23.6 Å². The average molecular weight is 929 g/mol. The topological polar surface area (TPSA) is 203 Å². The molecule has 4 heterocycles. The molecule has 1 unspecified atom stereocenters. The number of fused-ring (bicyclic) bond motifs is 4. The van der Waals surface area contributed by atoms with Crippen LogP contribution in [-0.2, 0) is 16.1 Å². The number of amides is 5. The molecule has 4 aromatic carbocycles. The minimum absolute atomic E-state index is 0.0289. The van der Waals surface area contributed by atoms with Gasteiger partial charge in [0, 0.05) is 58.5 Å². The summed E-state index contributed by atoms with van der Waals surface area (Å²) < 4.78 is 32.1. The maximum absolute atomic E-state index is 15.3. The van der Waals surface area contributed by atoms with E-state index in [1.54, 1.807) is 54.7 Å². The normalized spacial score (nSPS) is 15.1. The van der Waals surface area contributed by atoms with E-state index in [1.807, 2.05) is 6.07 Å². The van der Waals surface area contributed by atoms with Crippen molar-refractivity contribution in [3.8, 4) is 28.5 Å². The van der Waals surface area contributed by atoms with E-state index in [0.29, 0.717) is 88.4 Å². The van der Waals surface area contributed by atoms with Crippen molar-refractivity contribution in [2.45, 2.75) is 51.1 Å². The van der Waals surface area contributed by atoms with E-state index in [4.69, 9.17) is 35.8 Å². The SMILES string of the molecule is C=C1CCC(N2C(=O)c3cccc(OCC(=O)NCCCCCCNC(=O)c4ccc(Nc5ncc6c(n5)-c5ccc(Cl)cc5C(c5c(F)cccc5OC)=NC6)cc4OC)c3C2=O)C(=O)N1. The minimum atomic E-state index is -0.956. The van der Waals surface area contributed by atoms with Crippen LogP contribution in [0, 0.1) is 5.82 Å². The number of hydrogen-bond acceptors (Lipinski definition) is 12. The van der Waals surface area contributed by atoms with Crippen molar-refractivity contribution in [3.05, 3.63) is 135 Å². The zero-order valence-corrected chi connectivity index (χ0v) is 37.4. The van der Waals surface area contributed by atoms with Crippen LogP contribution in [0.4, 0.5) is 16.0 Å². The molecule has 1 atom stereocenters. The van der Waals surface area contributed by atoms with Crippen molar-refractivity contribution in [3.63, 3.8) is 0 Å². The summed E-state index contributed by atoms with van der Waals surface area (Å²) in [7, 11) is 2.95. The number of piperidine rings is 1. The summed E-state index contributed by atoms with van der Waals surface area (Å²) >= 11 is 6.45. The number of imide groups is 1. The van der Waals surface area contributed by atoms with Gasteiger partial charge in [0.1, 0.15) is 29.1 Å². The smallest absolute Gasteiger partial charge is 0.266 e. The molecule has 0 radical (unpaired) electrons. The Bertz CT molecular complexity index is 2850. The van der Waals surface area contributed by atoms with Crippen molar-refractivity contribution in [1.82, 2.24) is 30.8 Å². The number of carbonyl (C=O) groups is 5. The third kappa shape index (κ3) is 9.82. The van der Waals surface area contributed by atoms with Gasteiger partial charge in [-0.15, -0.1) is 0 Å². The van der Waals surface area contributed by atoms with E-state index in [2.05, 4.69) is 32.8 Å². The monoisotopic (exact) mass is 928 g/mol. The Morgan fingerprint density at radius 3 is 2.40 bits per heavy atom. The van der Waals surface area contributed by atoms with Gasteiger partial charge < -0.3 is 35.5 Å². The molecular weight excluding hydrogens is 883 g/mol. The number of methoxy groups -OCH3 is 2. The van der Waals surface area contributed by atoms with Crippen molar-refractivity contribution in [2.75, 3.05) is 39.2 Å². The molecule has 0 aliphatic carbocycles. The second kappa shape index (κ2) is 20.2. The molecule has 67 heavy (non-hydrogen) atoms. The zero-order valence-electron chi connectivity index (χ0n) is 36.7. The number of allylic oxidation sites excluding steroid dienone is 1. The largest absolute Gasteiger partial charge is 0.496 e. The number of aromatic nitrogens is 2. The lowest BCUT2D eigenvalue weighted by Crippen LogP contribution is -2.51. The van der Waals surface area contributed by atoms with Crippen LogP contribution in [0.15, 0.2) is 96.3 Å². The summed E-state index contributed by atoms with van der Waals surface area (Å²) in [6, 6.07) is 18.6. The fourth-order valence-corrected chi connectivity index (χ4v) is 8.37. The Hall–Kier alpha value is -7.66. The Balaban J connectivity index is 0.788. The lowest BCUT2D eigenvalue weighted by molar-refractivity contribution is -0.125. The van der Waals surface area contributed by atoms with E-state index in [0.717, 1.165) is 23.3 Å². The molecule has 344 valence electrons. The number of unbranched alkanes of at least 4 members (excludes halogenated alkanes) is 3. The molecule has 5 aromatic rings. The average Bonchev–Trinajstić information content (AvgIpc) is 3.47. The summed E-state index contributed by atoms with van der Waals surface area (Å²) in [6.45, 7) is 4.38. The zero-order chi connectivity index (χ0) is 47.2. The van der Waals surface area contributed by atoms with Gasteiger partial charge in [0.2, 0.25) is 11.9 Å². The van der Waals surface area contributed by atoms with Gasteiger partial charge in [-0.05, 0) is 74.2 Å². The lowest BCUT2D eigenvalue weighted by Gasteiger charge is -2.29. The van der Waals surface area contributed by atoms with Crippen LogP contribution in [-0.4, -0.2) is 90.1 Å². The number of hydrogen-bond donors (Lipinski definition) is 4. The molecule has 0 bridgehead atoms. The number of carbonyl (C=O) groups excluding carboxylic acids is 5. The van der Waals surface area contributed by atoms with E-state index in [1.165, 1.54) is 32.4 Å². The van der Waals surface area contributed by atoms with Gasteiger partial charge in [0.15, 0.2) is 6.61 Å². The molecule has 0 spiro atoms. The summed E-state index contributed by atoms with van der Waals surface area (Å²) in [5.41, 5.74) is 4.79. The van der Waals surface area contributed by atoms with Crippen LogP contribution in [0.2, 0.25) is 5.02 Å². The lowest BCUT2D eigenvalue weighted by atomic mass is 9.94. The fraction of sp³-hybridized carbons (Fsp3) is 0.265. The molecule has 8 rings (SSSR count). The number of anilines is 2. The first-order valence-electron chi connectivity index (χ1n) is 21.6. The number of ether oxygens (including phenoxy) is 3. The Morgan fingerprint density at radius 1 is 0.866 bits per heavy atom.